The average Bonchev–Trinajstić information content (AvgIpc) is 2.28. The lowest BCUT2D eigenvalue weighted by Gasteiger charge is -2.22. The van der Waals surface area contributed by atoms with Crippen LogP contribution in [-0.2, 0) is 0 Å². The van der Waals surface area contributed by atoms with Crippen molar-refractivity contribution in [1.82, 2.24) is 0 Å². The highest BCUT2D eigenvalue weighted by atomic mass is 16.5. The number of aldehydes is 1. The van der Waals surface area contributed by atoms with Crippen LogP contribution in [-0.4, -0.2) is 13.4 Å². The highest BCUT2D eigenvalue weighted by molar-refractivity contribution is 5.74. The number of carbonyl (C=O) groups excluding carboxylic acids is 1. The van der Waals surface area contributed by atoms with Gasteiger partial charge in [-0.2, -0.15) is 0 Å². The molecule has 17 heavy (non-hydrogen) atoms. The Morgan fingerprint density at radius 2 is 1.53 bits per heavy atom. The molecule has 0 spiro atoms. The largest absolute Gasteiger partial charge is 0.497 e. The molecule has 2 heteroatoms. The molecule has 0 heterocycles. The molecular weight excluding hydrogens is 212 g/mol. The van der Waals surface area contributed by atoms with E-state index in [2.05, 4.69) is 34.6 Å². The van der Waals surface area contributed by atoms with Gasteiger partial charge >= 0.3 is 0 Å². The lowest BCUT2D eigenvalue weighted by molar-refractivity contribution is 0.112. The molecule has 0 aliphatic carbocycles. The Morgan fingerprint density at radius 3 is 1.76 bits per heavy atom. The predicted octanol–water partition coefficient (Wildman–Crippen LogP) is 4.20. The fourth-order valence-corrected chi connectivity index (χ4v) is 0.682. The van der Waals surface area contributed by atoms with Gasteiger partial charge in [0.15, 0.2) is 0 Å². The summed E-state index contributed by atoms with van der Waals surface area (Å²) in [5.41, 5.74) is 1.17. The van der Waals surface area contributed by atoms with Crippen molar-refractivity contribution in [2.75, 3.05) is 7.11 Å². The lowest BCUT2D eigenvalue weighted by Crippen LogP contribution is -2.12. The second-order valence-electron chi connectivity index (χ2n) is 5.41. The van der Waals surface area contributed by atoms with Crippen LogP contribution in [0.5, 0.6) is 5.75 Å². The molecule has 0 aliphatic heterocycles. The van der Waals surface area contributed by atoms with E-state index in [4.69, 9.17) is 4.74 Å². The first kappa shape index (κ1) is 15.7. The maximum Gasteiger partial charge on any atom is 0.150 e. The molecule has 96 valence electrons. The summed E-state index contributed by atoms with van der Waals surface area (Å²) in [4.78, 5) is 10.2. The minimum Gasteiger partial charge on any atom is -0.497 e. The van der Waals surface area contributed by atoms with E-state index in [0.29, 0.717) is 11.0 Å². The summed E-state index contributed by atoms with van der Waals surface area (Å²) in [6.45, 7) is 11.3. The molecular formula is C15H24O2. The number of hydrogen-bond acceptors (Lipinski definition) is 2. The molecule has 1 aromatic carbocycles. The Labute approximate surface area is 105 Å². The molecule has 1 rings (SSSR count). The first-order chi connectivity index (χ1) is 7.81. The van der Waals surface area contributed by atoms with E-state index >= 15 is 0 Å². The van der Waals surface area contributed by atoms with E-state index in [1.807, 2.05) is 0 Å². The van der Waals surface area contributed by atoms with Crippen LogP contribution in [0.4, 0.5) is 0 Å². The second-order valence-corrected chi connectivity index (χ2v) is 5.41. The van der Waals surface area contributed by atoms with E-state index in [-0.39, 0.29) is 0 Å². The standard InChI is InChI=1S/C8H8O2.C7H16/c1-10-8-4-2-7(6-9)3-5-8;1-6(2)7(3,4)5/h2-6H,1H3;6H,1-5H3. The summed E-state index contributed by atoms with van der Waals surface area (Å²) in [6.07, 6.45) is 0.805. The summed E-state index contributed by atoms with van der Waals surface area (Å²) in [5.74, 6) is 1.57. The van der Waals surface area contributed by atoms with Crippen LogP contribution in [0.1, 0.15) is 45.0 Å². The van der Waals surface area contributed by atoms with Crippen molar-refractivity contribution in [2.45, 2.75) is 34.6 Å². The molecule has 0 radical (unpaired) electrons. The van der Waals surface area contributed by atoms with Crippen molar-refractivity contribution < 1.29 is 9.53 Å². The Balaban J connectivity index is 0.000000325. The summed E-state index contributed by atoms with van der Waals surface area (Å²) in [6, 6.07) is 6.94. The van der Waals surface area contributed by atoms with E-state index in [0.717, 1.165) is 18.0 Å². The van der Waals surface area contributed by atoms with Crippen molar-refractivity contribution in [3.8, 4) is 5.75 Å². The van der Waals surface area contributed by atoms with Gasteiger partial charge in [0.1, 0.15) is 12.0 Å². The van der Waals surface area contributed by atoms with E-state index < -0.39 is 0 Å². The Morgan fingerprint density at radius 1 is 1.12 bits per heavy atom. The first-order valence-corrected chi connectivity index (χ1v) is 5.90. The third-order valence-corrected chi connectivity index (χ3v) is 2.98. The van der Waals surface area contributed by atoms with Gasteiger partial charge in [0.2, 0.25) is 0 Å². The predicted molar refractivity (Wildman–Crippen MR) is 72.7 cm³/mol. The zero-order valence-electron chi connectivity index (χ0n) is 11.8. The van der Waals surface area contributed by atoms with Gasteiger partial charge in [0, 0.05) is 5.56 Å². The third kappa shape index (κ3) is 6.77. The maximum absolute atomic E-state index is 10.2. The third-order valence-electron chi connectivity index (χ3n) is 2.98. The smallest absolute Gasteiger partial charge is 0.150 e. The molecule has 0 fully saturated rings. The lowest BCUT2D eigenvalue weighted by atomic mass is 9.84. The Bertz CT molecular complexity index is 318. The molecule has 0 bridgehead atoms. The zero-order valence-corrected chi connectivity index (χ0v) is 11.8. The summed E-state index contributed by atoms with van der Waals surface area (Å²) in [7, 11) is 1.59. The van der Waals surface area contributed by atoms with E-state index in [1.165, 1.54) is 0 Å². The van der Waals surface area contributed by atoms with Gasteiger partial charge in [0.25, 0.3) is 0 Å². The Hall–Kier alpha value is -1.31. The quantitative estimate of drug-likeness (QED) is 0.719. The van der Waals surface area contributed by atoms with Crippen LogP contribution < -0.4 is 4.74 Å². The fourth-order valence-electron chi connectivity index (χ4n) is 0.682. The molecule has 0 aliphatic rings. The van der Waals surface area contributed by atoms with Gasteiger partial charge in [-0.25, -0.2) is 0 Å². The van der Waals surface area contributed by atoms with Crippen LogP contribution in [0.2, 0.25) is 0 Å². The highest BCUT2D eigenvalue weighted by Gasteiger charge is 2.13. The van der Waals surface area contributed by atoms with Gasteiger partial charge in [0.05, 0.1) is 7.11 Å². The molecule has 0 unspecified atom stereocenters. The second kappa shape index (κ2) is 7.10. The van der Waals surface area contributed by atoms with Crippen LogP contribution in [0.3, 0.4) is 0 Å². The van der Waals surface area contributed by atoms with E-state index in [1.54, 1.807) is 31.4 Å². The molecule has 0 atom stereocenters. The normalized spacial score (nSPS) is 10.5. The fraction of sp³-hybridized carbons (Fsp3) is 0.533. The summed E-state index contributed by atoms with van der Waals surface area (Å²) >= 11 is 0. The number of methoxy groups -OCH3 is 1. The Kier molecular flexibility index (Phi) is 6.55. The molecule has 0 aromatic heterocycles. The van der Waals surface area contributed by atoms with Crippen molar-refractivity contribution in [3.63, 3.8) is 0 Å². The monoisotopic (exact) mass is 236 g/mol. The molecule has 0 N–H and O–H groups in total. The molecule has 0 amide bonds. The molecule has 0 saturated carbocycles. The number of rotatable bonds is 2. The first-order valence-electron chi connectivity index (χ1n) is 5.90. The topological polar surface area (TPSA) is 26.3 Å². The summed E-state index contributed by atoms with van der Waals surface area (Å²) in [5, 5.41) is 0. The van der Waals surface area contributed by atoms with Crippen LogP contribution in [0.15, 0.2) is 24.3 Å². The SMILES string of the molecule is CC(C)C(C)(C)C.COc1ccc(C=O)cc1. The van der Waals surface area contributed by atoms with Crippen LogP contribution in [0, 0.1) is 11.3 Å². The minimum atomic E-state index is 0.500. The van der Waals surface area contributed by atoms with Crippen molar-refractivity contribution in [3.05, 3.63) is 29.8 Å². The van der Waals surface area contributed by atoms with Gasteiger partial charge < -0.3 is 4.74 Å². The van der Waals surface area contributed by atoms with Crippen molar-refractivity contribution >= 4 is 6.29 Å². The van der Waals surface area contributed by atoms with Gasteiger partial charge in [-0.15, -0.1) is 0 Å². The molecule has 0 saturated heterocycles. The van der Waals surface area contributed by atoms with Crippen molar-refractivity contribution in [1.29, 1.82) is 0 Å². The van der Waals surface area contributed by atoms with E-state index in [9.17, 15) is 4.79 Å². The van der Waals surface area contributed by atoms with Crippen molar-refractivity contribution in [2.24, 2.45) is 11.3 Å². The minimum absolute atomic E-state index is 0.500. The van der Waals surface area contributed by atoms with Gasteiger partial charge in [-0.05, 0) is 35.6 Å². The van der Waals surface area contributed by atoms with Gasteiger partial charge in [-0.3, -0.25) is 4.79 Å². The number of benzene rings is 1. The van der Waals surface area contributed by atoms with Crippen LogP contribution >= 0.6 is 0 Å². The number of carbonyl (C=O) groups is 1. The highest BCUT2D eigenvalue weighted by Crippen LogP contribution is 2.23. The van der Waals surface area contributed by atoms with Crippen LogP contribution in [0.25, 0.3) is 0 Å². The number of ether oxygens (including phenoxy) is 1. The molecule has 1 aromatic rings. The van der Waals surface area contributed by atoms with Gasteiger partial charge in [-0.1, -0.05) is 34.6 Å². The number of hydrogen-bond donors (Lipinski definition) is 0. The zero-order chi connectivity index (χ0) is 13.5. The molecule has 2 nitrogen and oxygen atoms in total. The maximum atomic E-state index is 10.2. The average molecular weight is 236 g/mol. The summed E-state index contributed by atoms with van der Waals surface area (Å²) < 4.78 is 4.90.